The summed E-state index contributed by atoms with van der Waals surface area (Å²) in [7, 11) is 0. The lowest BCUT2D eigenvalue weighted by Crippen LogP contribution is -2.36. The Morgan fingerprint density at radius 1 is 1.44 bits per heavy atom. The van der Waals surface area contributed by atoms with Gasteiger partial charge in [-0.2, -0.15) is 0 Å². The average molecular weight is 222 g/mol. The zero-order valence-corrected chi connectivity index (χ0v) is 9.91. The number of nitrogens with one attached hydrogen (secondary N) is 1. The van der Waals surface area contributed by atoms with E-state index in [9.17, 15) is 4.79 Å². The van der Waals surface area contributed by atoms with Crippen LogP contribution in [0.2, 0.25) is 0 Å². The summed E-state index contributed by atoms with van der Waals surface area (Å²) in [5, 5.41) is 2.80. The number of aryl methyl sites for hydroxylation is 2. The number of benzene rings is 1. The van der Waals surface area contributed by atoms with E-state index in [4.69, 9.17) is 5.90 Å². The summed E-state index contributed by atoms with van der Waals surface area (Å²) in [6, 6.07) is 5.53. The Morgan fingerprint density at radius 2 is 2.12 bits per heavy atom. The van der Waals surface area contributed by atoms with E-state index in [2.05, 4.69) is 10.2 Å². The van der Waals surface area contributed by atoms with E-state index in [1.54, 1.807) is 0 Å². The number of nitrogens with two attached hydrogens (primary N) is 1. The van der Waals surface area contributed by atoms with E-state index < -0.39 is 0 Å². The lowest BCUT2D eigenvalue weighted by Gasteiger charge is -2.12. The minimum Gasteiger partial charge on any atom is -0.347 e. The lowest BCUT2D eigenvalue weighted by molar-refractivity contribution is 0.0857. The van der Waals surface area contributed by atoms with Crippen LogP contribution in [0.3, 0.4) is 0 Å². The number of amides is 1. The van der Waals surface area contributed by atoms with E-state index in [1.807, 2.05) is 39.0 Å². The minimum absolute atomic E-state index is 0.0980. The predicted molar refractivity (Wildman–Crippen MR) is 63.0 cm³/mol. The lowest BCUT2D eigenvalue weighted by atomic mass is 10.1. The molecule has 0 aromatic heterocycles. The molecule has 1 aromatic carbocycles. The van der Waals surface area contributed by atoms with Crippen molar-refractivity contribution in [1.29, 1.82) is 0 Å². The summed E-state index contributed by atoms with van der Waals surface area (Å²) in [4.78, 5) is 16.3. The average Bonchev–Trinajstić information content (AvgIpc) is 2.22. The van der Waals surface area contributed by atoms with Crippen molar-refractivity contribution in [3.05, 3.63) is 34.9 Å². The normalized spacial score (nSPS) is 12.2. The topological polar surface area (TPSA) is 64.3 Å². The van der Waals surface area contributed by atoms with Crippen LogP contribution in [-0.4, -0.2) is 18.6 Å². The van der Waals surface area contributed by atoms with E-state index in [0.29, 0.717) is 12.2 Å². The quantitative estimate of drug-likeness (QED) is 0.755. The van der Waals surface area contributed by atoms with E-state index >= 15 is 0 Å². The number of carbonyl (C=O) groups excluding carboxylic acids is 1. The van der Waals surface area contributed by atoms with Gasteiger partial charge in [0.15, 0.2) is 0 Å². The highest BCUT2D eigenvalue weighted by atomic mass is 16.6. The highest BCUT2D eigenvalue weighted by Gasteiger charge is 2.10. The SMILES string of the molecule is Cc1ccc(C(=O)NC(C)CON)cc1C. The maximum absolute atomic E-state index is 11.8. The first kappa shape index (κ1) is 12.7. The number of hydrogen-bond donors (Lipinski definition) is 2. The van der Waals surface area contributed by atoms with Crippen molar-refractivity contribution in [2.45, 2.75) is 26.8 Å². The molecule has 0 fully saturated rings. The summed E-state index contributed by atoms with van der Waals surface area (Å²) in [5.74, 6) is 4.83. The molecule has 4 heteroatoms. The molecule has 0 heterocycles. The van der Waals surface area contributed by atoms with Gasteiger partial charge in [-0.25, -0.2) is 5.90 Å². The second-order valence-electron chi connectivity index (χ2n) is 4.01. The highest BCUT2D eigenvalue weighted by Crippen LogP contribution is 2.09. The van der Waals surface area contributed by atoms with Gasteiger partial charge in [0.2, 0.25) is 0 Å². The maximum Gasteiger partial charge on any atom is 0.251 e. The van der Waals surface area contributed by atoms with Gasteiger partial charge in [-0.15, -0.1) is 0 Å². The van der Waals surface area contributed by atoms with Crippen LogP contribution in [-0.2, 0) is 4.84 Å². The van der Waals surface area contributed by atoms with Crippen LogP contribution < -0.4 is 11.2 Å². The molecule has 0 aliphatic heterocycles. The summed E-state index contributed by atoms with van der Waals surface area (Å²) in [6.45, 7) is 6.14. The van der Waals surface area contributed by atoms with Gasteiger partial charge in [0, 0.05) is 5.56 Å². The van der Waals surface area contributed by atoms with Crippen molar-refractivity contribution in [1.82, 2.24) is 5.32 Å². The first-order valence-corrected chi connectivity index (χ1v) is 5.24. The van der Waals surface area contributed by atoms with Gasteiger partial charge in [-0.3, -0.25) is 4.79 Å². The molecule has 0 bridgehead atoms. The van der Waals surface area contributed by atoms with Crippen molar-refractivity contribution in [3.8, 4) is 0 Å². The van der Waals surface area contributed by atoms with Crippen molar-refractivity contribution >= 4 is 5.91 Å². The van der Waals surface area contributed by atoms with Crippen molar-refractivity contribution in [3.63, 3.8) is 0 Å². The Bertz CT molecular complexity index is 377. The first-order valence-electron chi connectivity index (χ1n) is 5.24. The third-order valence-electron chi connectivity index (χ3n) is 2.49. The monoisotopic (exact) mass is 222 g/mol. The molecule has 88 valence electrons. The molecule has 0 spiro atoms. The number of hydrogen-bond acceptors (Lipinski definition) is 3. The van der Waals surface area contributed by atoms with E-state index in [-0.39, 0.29) is 11.9 Å². The standard InChI is InChI=1S/C12H18N2O2/c1-8-4-5-11(6-9(8)2)12(15)14-10(3)7-16-13/h4-6,10H,7,13H2,1-3H3,(H,14,15). The van der Waals surface area contributed by atoms with Gasteiger partial charge >= 0.3 is 0 Å². The third kappa shape index (κ3) is 3.32. The molecule has 0 aliphatic rings. The molecule has 1 atom stereocenters. The molecule has 1 amide bonds. The zero-order valence-electron chi connectivity index (χ0n) is 9.91. The van der Waals surface area contributed by atoms with Gasteiger partial charge in [0.05, 0.1) is 12.6 Å². The minimum atomic E-state index is -0.104. The molecule has 0 saturated carbocycles. The van der Waals surface area contributed by atoms with Crippen LogP contribution in [0.15, 0.2) is 18.2 Å². The van der Waals surface area contributed by atoms with Crippen LogP contribution in [0.4, 0.5) is 0 Å². The molecular weight excluding hydrogens is 204 g/mol. The van der Waals surface area contributed by atoms with Gasteiger partial charge in [0.1, 0.15) is 0 Å². The molecule has 1 aromatic rings. The van der Waals surface area contributed by atoms with Crippen LogP contribution in [0.25, 0.3) is 0 Å². The second-order valence-corrected chi connectivity index (χ2v) is 4.01. The fourth-order valence-electron chi connectivity index (χ4n) is 1.38. The van der Waals surface area contributed by atoms with Gasteiger partial charge in [-0.1, -0.05) is 6.07 Å². The second kappa shape index (κ2) is 5.63. The Balaban J connectivity index is 2.69. The van der Waals surface area contributed by atoms with Crippen molar-refractivity contribution in [2.24, 2.45) is 5.90 Å². The summed E-state index contributed by atoms with van der Waals surface area (Å²) in [5.41, 5.74) is 2.94. The van der Waals surface area contributed by atoms with Crippen molar-refractivity contribution in [2.75, 3.05) is 6.61 Å². The molecule has 0 aliphatic carbocycles. The Labute approximate surface area is 95.7 Å². The fraction of sp³-hybridized carbons (Fsp3) is 0.417. The van der Waals surface area contributed by atoms with Crippen LogP contribution >= 0.6 is 0 Å². The van der Waals surface area contributed by atoms with Crippen LogP contribution in [0, 0.1) is 13.8 Å². The Morgan fingerprint density at radius 3 is 2.69 bits per heavy atom. The first-order chi connectivity index (χ1) is 7.54. The van der Waals surface area contributed by atoms with E-state index in [1.165, 1.54) is 5.56 Å². The van der Waals surface area contributed by atoms with Gasteiger partial charge in [0.25, 0.3) is 5.91 Å². The third-order valence-corrected chi connectivity index (χ3v) is 2.49. The molecule has 0 radical (unpaired) electrons. The van der Waals surface area contributed by atoms with Crippen molar-refractivity contribution < 1.29 is 9.63 Å². The van der Waals surface area contributed by atoms with Crippen LogP contribution in [0.5, 0.6) is 0 Å². The summed E-state index contributed by atoms with van der Waals surface area (Å²) in [6.07, 6.45) is 0. The molecule has 0 saturated heterocycles. The Hall–Kier alpha value is -1.39. The van der Waals surface area contributed by atoms with Crippen LogP contribution in [0.1, 0.15) is 28.4 Å². The fourth-order valence-corrected chi connectivity index (χ4v) is 1.38. The predicted octanol–water partition coefficient (Wildman–Crippen LogP) is 1.31. The molecule has 16 heavy (non-hydrogen) atoms. The number of rotatable bonds is 4. The molecule has 1 unspecified atom stereocenters. The van der Waals surface area contributed by atoms with Gasteiger partial charge < -0.3 is 10.2 Å². The summed E-state index contributed by atoms with van der Waals surface area (Å²) < 4.78 is 0. The van der Waals surface area contributed by atoms with E-state index in [0.717, 1.165) is 5.56 Å². The molecule has 4 nitrogen and oxygen atoms in total. The highest BCUT2D eigenvalue weighted by molar-refractivity contribution is 5.94. The maximum atomic E-state index is 11.8. The molecule has 3 N–H and O–H groups in total. The summed E-state index contributed by atoms with van der Waals surface area (Å²) >= 11 is 0. The number of carbonyl (C=O) groups is 1. The van der Waals surface area contributed by atoms with Gasteiger partial charge in [-0.05, 0) is 44.0 Å². The smallest absolute Gasteiger partial charge is 0.251 e. The zero-order chi connectivity index (χ0) is 12.1. The molecular formula is C12H18N2O2. The Kier molecular flexibility index (Phi) is 4.46. The largest absolute Gasteiger partial charge is 0.347 e. The molecule has 1 rings (SSSR count).